The number of halogens is 2. The predicted octanol–water partition coefficient (Wildman–Crippen LogP) is 5.83. The zero-order valence-corrected chi connectivity index (χ0v) is 19.4. The number of rotatable bonds is 5. The molecule has 3 aromatic carbocycles. The Morgan fingerprint density at radius 1 is 0.643 bits per heavy atom. The monoisotopic (exact) mass is 511 g/mol. The van der Waals surface area contributed by atoms with Gasteiger partial charge in [0.15, 0.2) is 0 Å². The van der Waals surface area contributed by atoms with Crippen LogP contribution in [0.4, 0.5) is 0 Å². The summed E-state index contributed by atoms with van der Waals surface area (Å²) in [7, 11) is -2.28. The molecule has 0 saturated carbocycles. The van der Waals surface area contributed by atoms with Crippen molar-refractivity contribution in [1.82, 2.24) is 4.98 Å². The van der Waals surface area contributed by atoms with Crippen LogP contribution in [0.2, 0.25) is 0 Å². The van der Waals surface area contributed by atoms with Crippen LogP contribution in [0.5, 0.6) is 0 Å². The van der Waals surface area contributed by atoms with Crippen molar-refractivity contribution in [1.29, 1.82) is 0 Å². The van der Waals surface area contributed by atoms with Crippen LogP contribution >= 0.6 is 39.1 Å². The summed E-state index contributed by atoms with van der Waals surface area (Å²) in [6, 6.07) is 35.1. The van der Waals surface area contributed by atoms with Gasteiger partial charge in [-0.1, -0.05) is 0 Å². The fraction of sp³-hybridized carbons (Fsp3) is 0.0417. The second-order valence-electron chi connectivity index (χ2n) is 6.80. The maximum absolute atomic E-state index is 4.54. The van der Waals surface area contributed by atoms with Crippen LogP contribution in [-0.4, -0.2) is 4.98 Å². The molecule has 0 radical (unpaired) electrons. The van der Waals surface area contributed by atoms with Crippen LogP contribution in [0.3, 0.4) is 0 Å². The normalized spacial score (nSPS) is 11.9. The zero-order valence-electron chi connectivity index (χ0n) is 15.2. The first-order chi connectivity index (χ1) is 13.7. The topological polar surface area (TPSA) is 12.9 Å². The van der Waals surface area contributed by atoms with E-state index in [2.05, 4.69) is 134 Å². The molecule has 1 aromatic heterocycles. The standard InChI is InChI=1S/C24H20Br2NP/c25-23-16-19(17-27-24(23)26)18-28(20-10-4-1-5-11-20,21-12-6-2-7-13-21)22-14-8-3-9-15-22/h1-17,28H,18H2. The van der Waals surface area contributed by atoms with Gasteiger partial charge >= 0.3 is 184 Å². The van der Waals surface area contributed by atoms with E-state index in [1.807, 2.05) is 6.20 Å². The van der Waals surface area contributed by atoms with E-state index >= 15 is 0 Å². The molecule has 140 valence electrons. The summed E-state index contributed by atoms with van der Waals surface area (Å²) in [5, 5.41) is 4.23. The van der Waals surface area contributed by atoms with Crippen molar-refractivity contribution in [2.75, 3.05) is 0 Å². The van der Waals surface area contributed by atoms with Gasteiger partial charge in [-0.15, -0.1) is 0 Å². The van der Waals surface area contributed by atoms with Crippen LogP contribution in [0.15, 0.2) is 112 Å². The second-order valence-corrected chi connectivity index (χ2v) is 12.3. The summed E-state index contributed by atoms with van der Waals surface area (Å²) in [5.74, 6) is 0. The maximum atomic E-state index is 4.54. The van der Waals surface area contributed by atoms with Crippen molar-refractivity contribution < 1.29 is 0 Å². The molecule has 0 amide bonds. The van der Waals surface area contributed by atoms with Crippen LogP contribution in [0, 0.1) is 0 Å². The molecule has 0 unspecified atom stereocenters. The molecule has 0 saturated heterocycles. The van der Waals surface area contributed by atoms with Crippen molar-refractivity contribution in [2.45, 2.75) is 6.16 Å². The Bertz CT molecular complexity index is 957. The Morgan fingerprint density at radius 2 is 1.07 bits per heavy atom. The van der Waals surface area contributed by atoms with Crippen molar-refractivity contribution in [2.24, 2.45) is 0 Å². The summed E-state index contributed by atoms with van der Waals surface area (Å²) >= 11 is 7.13. The molecule has 0 N–H and O–H groups in total. The van der Waals surface area contributed by atoms with Gasteiger partial charge < -0.3 is 0 Å². The third-order valence-corrected chi connectivity index (χ3v) is 11.8. The van der Waals surface area contributed by atoms with E-state index in [9.17, 15) is 0 Å². The molecule has 0 spiro atoms. The summed E-state index contributed by atoms with van der Waals surface area (Å²) < 4.78 is 1.82. The van der Waals surface area contributed by atoms with E-state index in [-0.39, 0.29) is 0 Å². The summed E-state index contributed by atoms with van der Waals surface area (Å²) in [4.78, 5) is 4.54. The molecule has 4 aromatic rings. The number of hydrogen-bond acceptors (Lipinski definition) is 1. The predicted molar refractivity (Wildman–Crippen MR) is 130 cm³/mol. The van der Waals surface area contributed by atoms with Gasteiger partial charge in [0.05, 0.1) is 0 Å². The molecule has 0 aliphatic rings. The molecule has 1 heterocycles. The molecular formula is C24H20Br2NP. The Labute approximate surface area is 183 Å². The van der Waals surface area contributed by atoms with Gasteiger partial charge in [-0.3, -0.25) is 0 Å². The first-order valence-electron chi connectivity index (χ1n) is 9.16. The second kappa shape index (κ2) is 8.69. The van der Waals surface area contributed by atoms with Gasteiger partial charge in [-0.05, 0) is 0 Å². The van der Waals surface area contributed by atoms with Crippen molar-refractivity contribution >= 4 is 55.0 Å². The molecule has 0 aliphatic heterocycles. The average molecular weight is 513 g/mol. The average Bonchev–Trinajstić information content (AvgIpc) is 2.76. The first kappa shape index (κ1) is 19.5. The number of hydrogen-bond donors (Lipinski definition) is 0. The van der Waals surface area contributed by atoms with Crippen molar-refractivity contribution in [3.05, 3.63) is 118 Å². The van der Waals surface area contributed by atoms with E-state index in [0.29, 0.717) is 0 Å². The number of aromatic nitrogens is 1. The van der Waals surface area contributed by atoms with E-state index in [1.165, 1.54) is 21.5 Å². The van der Waals surface area contributed by atoms with Crippen molar-refractivity contribution in [3.63, 3.8) is 0 Å². The summed E-state index contributed by atoms with van der Waals surface area (Å²) in [6.45, 7) is 0. The fourth-order valence-electron chi connectivity index (χ4n) is 3.84. The minimum atomic E-state index is -2.28. The van der Waals surface area contributed by atoms with Crippen LogP contribution in [0.1, 0.15) is 5.56 Å². The van der Waals surface area contributed by atoms with Gasteiger partial charge in [-0.2, -0.15) is 0 Å². The number of nitrogens with zero attached hydrogens (tertiary/aromatic N) is 1. The summed E-state index contributed by atoms with van der Waals surface area (Å²) in [6.07, 6.45) is 2.94. The summed E-state index contributed by atoms with van der Waals surface area (Å²) in [5.41, 5.74) is 1.23. The van der Waals surface area contributed by atoms with E-state index in [4.69, 9.17) is 0 Å². The molecule has 0 fully saturated rings. The Kier molecular flexibility index (Phi) is 6.06. The zero-order chi connectivity index (χ0) is 19.4. The molecule has 4 heteroatoms. The molecular weight excluding hydrogens is 493 g/mol. The molecule has 0 atom stereocenters. The van der Waals surface area contributed by atoms with E-state index < -0.39 is 7.26 Å². The molecule has 0 aliphatic carbocycles. The van der Waals surface area contributed by atoms with Crippen LogP contribution in [0.25, 0.3) is 0 Å². The van der Waals surface area contributed by atoms with E-state index in [0.717, 1.165) is 15.2 Å². The van der Waals surface area contributed by atoms with Crippen LogP contribution < -0.4 is 15.9 Å². The molecule has 0 bridgehead atoms. The Hall–Kier alpha value is -1.80. The Balaban J connectivity index is 1.99. The van der Waals surface area contributed by atoms with Gasteiger partial charge in [0.2, 0.25) is 0 Å². The first-order valence-corrected chi connectivity index (χ1v) is 13.0. The van der Waals surface area contributed by atoms with Crippen molar-refractivity contribution in [3.8, 4) is 0 Å². The van der Waals surface area contributed by atoms with E-state index in [1.54, 1.807) is 0 Å². The van der Waals surface area contributed by atoms with Crippen LogP contribution in [-0.2, 0) is 6.16 Å². The third-order valence-electron chi connectivity index (χ3n) is 5.12. The van der Waals surface area contributed by atoms with Gasteiger partial charge in [0, 0.05) is 0 Å². The third kappa shape index (κ3) is 3.85. The van der Waals surface area contributed by atoms with Gasteiger partial charge in [0.1, 0.15) is 0 Å². The minimum absolute atomic E-state index is 0.836. The molecule has 1 nitrogen and oxygen atoms in total. The number of pyridine rings is 1. The van der Waals surface area contributed by atoms with Gasteiger partial charge in [-0.25, -0.2) is 0 Å². The Morgan fingerprint density at radius 3 is 1.46 bits per heavy atom. The molecule has 28 heavy (non-hydrogen) atoms. The number of benzene rings is 3. The van der Waals surface area contributed by atoms with Gasteiger partial charge in [0.25, 0.3) is 0 Å². The molecule has 4 rings (SSSR count). The quantitative estimate of drug-likeness (QED) is 0.242. The SMILES string of the molecule is Brc1cc(C[PH](c2ccccc2)(c2ccccc2)c2ccccc2)cnc1Br. The fourth-order valence-corrected chi connectivity index (χ4v) is 9.15.